The van der Waals surface area contributed by atoms with Crippen LogP contribution in [0.3, 0.4) is 0 Å². The zero-order chi connectivity index (χ0) is 23.4. The molecule has 1 N–H and O–H groups in total. The zero-order valence-electron chi connectivity index (χ0n) is 19.3. The van der Waals surface area contributed by atoms with E-state index in [2.05, 4.69) is 41.9 Å². The summed E-state index contributed by atoms with van der Waals surface area (Å²) < 4.78 is 7.52. The molecular formula is C28H29ClN2O2. The monoisotopic (exact) mass is 460 g/mol. The van der Waals surface area contributed by atoms with Crippen molar-refractivity contribution in [2.45, 2.75) is 33.2 Å². The highest BCUT2D eigenvalue weighted by Crippen LogP contribution is 2.27. The van der Waals surface area contributed by atoms with Crippen LogP contribution < -0.4 is 10.1 Å². The number of ether oxygens (including phenoxy) is 1. The zero-order valence-corrected chi connectivity index (χ0v) is 20.1. The van der Waals surface area contributed by atoms with Crippen molar-refractivity contribution in [3.8, 4) is 5.75 Å². The van der Waals surface area contributed by atoms with E-state index in [0.717, 1.165) is 30.8 Å². The first-order valence-corrected chi connectivity index (χ1v) is 11.7. The Kier molecular flexibility index (Phi) is 7.05. The van der Waals surface area contributed by atoms with Gasteiger partial charge in [-0.15, -0.1) is 11.6 Å². The van der Waals surface area contributed by atoms with Gasteiger partial charge in [0.05, 0.1) is 7.11 Å². The molecule has 170 valence electrons. The van der Waals surface area contributed by atoms with Crippen LogP contribution in [-0.2, 0) is 13.0 Å². The second-order valence-corrected chi connectivity index (χ2v) is 8.69. The third-order valence-corrected chi connectivity index (χ3v) is 6.46. The minimum Gasteiger partial charge on any atom is -0.497 e. The largest absolute Gasteiger partial charge is 0.497 e. The molecule has 1 heterocycles. The molecule has 0 aliphatic rings. The smallest absolute Gasteiger partial charge is 0.255 e. The third-order valence-electron chi connectivity index (χ3n) is 6.19. The molecule has 5 heteroatoms. The van der Waals surface area contributed by atoms with Gasteiger partial charge in [-0.2, -0.15) is 0 Å². The number of hydrogen-bond acceptors (Lipinski definition) is 2. The molecule has 1 amide bonds. The number of alkyl halides is 1. The number of nitrogens with zero attached hydrogens (tertiary/aromatic N) is 1. The molecule has 4 nitrogen and oxygen atoms in total. The average Bonchev–Trinajstić information content (AvgIpc) is 3.07. The summed E-state index contributed by atoms with van der Waals surface area (Å²) in [5.74, 6) is 1.30. The number of rotatable bonds is 8. The lowest BCUT2D eigenvalue weighted by molar-refractivity contribution is 0.102. The maximum Gasteiger partial charge on any atom is 0.255 e. The Morgan fingerprint density at radius 1 is 0.970 bits per heavy atom. The van der Waals surface area contributed by atoms with E-state index in [4.69, 9.17) is 16.3 Å². The Bertz CT molecular complexity index is 1260. The Labute approximate surface area is 200 Å². The van der Waals surface area contributed by atoms with E-state index >= 15 is 0 Å². The Morgan fingerprint density at radius 2 is 1.67 bits per heavy atom. The molecule has 0 atom stereocenters. The number of nitrogens with one attached hydrogen (secondary N) is 1. The number of benzene rings is 3. The van der Waals surface area contributed by atoms with Gasteiger partial charge in [-0.05, 0) is 91.9 Å². The highest BCUT2D eigenvalue weighted by molar-refractivity contribution is 6.17. The predicted octanol–water partition coefficient (Wildman–Crippen LogP) is 6.74. The van der Waals surface area contributed by atoms with Crippen molar-refractivity contribution in [2.75, 3.05) is 18.3 Å². The van der Waals surface area contributed by atoms with Crippen LogP contribution in [0.5, 0.6) is 5.75 Å². The van der Waals surface area contributed by atoms with Crippen LogP contribution in [-0.4, -0.2) is 23.5 Å². The molecule has 0 saturated carbocycles. The molecular weight excluding hydrogens is 432 g/mol. The van der Waals surface area contributed by atoms with E-state index in [-0.39, 0.29) is 5.91 Å². The highest BCUT2D eigenvalue weighted by Gasteiger charge is 2.12. The molecule has 0 spiro atoms. The normalized spacial score (nSPS) is 11.0. The molecule has 0 aliphatic carbocycles. The molecule has 0 saturated heterocycles. The van der Waals surface area contributed by atoms with E-state index in [9.17, 15) is 4.79 Å². The Morgan fingerprint density at radius 3 is 2.33 bits per heavy atom. The van der Waals surface area contributed by atoms with E-state index in [0.29, 0.717) is 11.4 Å². The third kappa shape index (κ3) is 5.07. The van der Waals surface area contributed by atoms with E-state index in [1.54, 1.807) is 7.11 Å². The molecule has 0 fully saturated rings. The second-order valence-electron chi connectivity index (χ2n) is 8.31. The second kappa shape index (κ2) is 10.1. The minimum atomic E-state index is -0.127. The Hall–Kier alpha value is -3.24. The SMILES string of the molecule is COc1ccc(NC(=O)c2ccc(Cc3ccc4c(c3)c(C)c(C)n4CCCCl)cc2)cc1. The standard InChI is InChI=1S/C28H29ClN2O2/c1-19-20(2)31(16-4-15-29)27-14-7-22(18-26(19)27)17-21-5-8-23(9-6-21)28(32)30-24-10-12-25(33-3)13-11-24/h5-14,18H,4,15-17H2,1-3H3,(H,30,32). The molecule has 0 radical (unpaired) electrons. The van der Waals surface area contributed by atoms with Crippen LogP contribution in [0.1, 0.15) is 39.2 Å². The van der Waals surface area contributed by atoms with Crippen LogP contribution in [0, 0.1) is 13.8 Å². The van der Waals surface area contributed by atoms with Gasteiger partial charge in [0, 0.05) is 40.3 Å². The van der Waals surface area contributed by atoms with Crippen molar-refractivity contribution < 1.29 is 9.53 Å². The van der Waals surface area contributed by atoms with Crippen molar-refractivity contribution in [1.82, 2.24) is 4.57 Å². The summed E-state index contributed by atoms with van der Waals surface area (Å²) in [6, 6.07) is 21.8. The van der Waals surface area contributed by atoms with Crippen LogP contribution in [0.2, 0.25) is 0 Å². The van der Waals surface area contributed by atoms with Crippen LogP contribution >= 0.6 is 11.6 Å². The first-order valence-electron chi connectivity index (χ1n) is 11.2. The Balaban J connectivity index is 1.47. The molecule has 33 heavy (non-hydrogen) atoms. The number of methoxy groups -OCH3 is 1. The number of anilines is 1. The van der Waals surface area contributed by atoms with Gasteiger partial charge in [0.1, 0.15) is 5.75 Å². The fourth-order valence-electron chi connectivity index (χ4n) is 4.20. The first kappa shape index (κ1) is 22.9. The first-order chi connectivity index (χ1) is 16.0. The van der Waals surface area contributed by atoms with Gasteiger partial charge in [-0.1, -0.05) is 18.2 Å². The van der Waals surface area contributed by atoms with E-state index in [1.807, 2.05) is 48.5 Å². The summed E-state index contributed by atoms with van der Waals surface area (Å²) in [4.78, 5) is 12.6. The van der Waals surface area contributed by atoms with Gasteiger partial charge in [-0.25, -0.2) is 0 Å². The lowest BCUT2D eigenvalue weighted by atomic mass is 10.0. The number of carbonyl (C=O) groups is 1. The van der Waals surface area contributed by atoms with Gasteiger partial charge in [0.2, 0.25) is 0 Å². The minimum absolute atomic E-state index is 0.127. The van der Waals surface area contributed by atoms with Gasteiger partial charge in [-0.3, -0.25) is 4.79 Å². The van der Waals surface area contributed by atoms with Gasteiger partial charge < -0.3 is 14.6 Å². The van der Waals surface area contributed by atoms with E-state index in [1.165, 1.54) is 33.3 Å². The molecule has 0 aliphatic heterocycles. The van der Waals surface area contributed by atoms with Crippen LogP contribution in [0.4, 0.5) is 5.69 Å². The predicted molar refractivity (Wildman–Crippen MR) is 137 cm³/mol. The number of halogens is 1. The lowest BCUT2D eigenvalue weighted by Crippen LogP contribution is -2.11. The van der Waals surface area contributed by atoms with Crippen LogP contribution in [0.15, 0.2) is 66.7 Å². The number of hydrogen-bond donors (Lipinski definition) is 1. The topological polar surface area (TPSA) is 43.3 Å². The molecule has 1 aromatic heterocycles. The van der Waals surface area contributed by atoms with Crippen molar-refractivity contribution in [3.05, 3.63) is 94.7 Å². The number of fused-ring (bicyclic) bond motifs is 1. The van der Waals surface area contributed by atoms with Crippen molar-refractivity contribution in [2.24, 2.45) is 0 Å². The van der Waals surface area contributed by atoms with Crippen molar-refractivity contribution >= 4 is 34.1 Å². The number of aryl methyl sites for hydroxylation is 2. The van der Waals surface area contributed by atoms with Crippen molar-refractivity contribution in [1.29, 1.82) is 0 Å². The summed E-state index contributed by atoms with van der Waals surface area (Å²) in [6.45, 7) is 5.31. The molecule has 4 rings (SSSR count). The summed E-state index contributed by atoms with van der Waals surface area (Å²) in [7, 11) is 1.62. The van der Waals surface area contributed by atoms with E-state index < -0.39 is 0 Å². The number of carbonyl (C=O) groups excluding carboxylic acids is 1. The summed E-state index contributed by atoms with van der Waals surface area (Å²) in [5.41, 5.74) is 7.70. The van der Waals surface area contributed by atoms with Gasteiger partial charge in [0.25, 0.3) is 5.91 Å². The maximum absolute atomic E-state index is 12.6. The number of aromatic nitrogens is 1. The number of amides is 1. The molecule has 3 aromatic carbocycles. The molecule has 0 unspecified atom stereocenters. The van der Waals surface area contributed by atoms with Gasteiger partial charge >= 0.3 is 0 Å². The maximum atomic E-state index is 12.6. The lowest BCUT2D eigenvalue weighted by Gasteiger charge is -2.09. The van der Waals surface area contributed by atoms with Crippen molar-refractivity contribution in [3.63, 3.8) is 0 Å². The highest BCUT2D eigenvalue weighted by atomic mass is 35.5. The van der Waals surface area contributed by atoms with Crippen LogP contribution in [0.25, 0.3) is 10.9 Å². The fourth-order valence-corrected chi connectivity index (χ4v) is 4.32. The summed E-state index contributed by atoms with van der Waals surface area (Å²) in [5, 5.41) is 4.22. The quantitative estimate of drug-likeness (QED) is 0.296. The molecule has 0 bridgehead atoms. The summed E-state index contributed by atoms with van der Waals surface area (Å²) in [6.07, 6.45) is 1.79. The molecule has 4 aromatic rings. The van der Waals surface area contributed by atoms with Gasteiger partial charge in [0.15, 0.2) is 0 Å². The average molecular weight is 461 g/mol. The summed E-state index contributed by atoms with van der Waals surface area (Å²) >= 11 is 5.92. The fraction of sp³-hybridized carbons (Fsp3) is 0.250.